The number of rotatable bonds is 3. The first-order valence-electron chi connectivity index (χ1n) is 5.61. The van der Waals surface area contributed by atoms with Crippen molar-refractivity contribution in [1.29, 1.82) is 0 Å². The van der Waals surface area contributed by atoms with Gasteiger partial charge in [0.25, 0.3) is 0 Å². The standard InChI is InChI=1S/C15H12Br2O/c1-10-12(6-4-8-13(10)16)15(18)9-11-5-2-3-7-14(11)17/h2-8H,9H2,1H3. The number of Topliss-reactive ketones (excluding diaryl/α,β-unsaturated/α-hetero) is 1. The van der Waals surface area contributed by atoms with Gasteiger partial charge in [0.1, 0.15) is 0 Å². The minimum absolute atomic E-state index is 0.140. The topological polar surface area (TPSA) is 17.1 Å². The Morgan fingerprint density at radius 1 is 1.00 bits per heavy atom. The van der Waals surface area contributed by atoms with E-state index in [0.29, 0.717) is 6.42 Å². The summed E-state index contributed by atoms with van der Waals surface area (Å²) in [4.78, 5) is 12.3. The molecule has 0 N–H and O–H groups in total. The Kier molecular flexibility index (Phi) is 4.36. The number of carbonyl (C=O) groups is 1. The highest BCUT2D eigenvalue weighted by Crippen LogP contribution is 2.23. The van der Waals surface area contributed by atoms with Crippen molar-refractivity contribution < 1.29 is 4.79 Å². The minimum atomic E-state index is 0.140. The van der Waals surface area contributed by atoms with Crippen molar-refractivity contribution in [2.24, 2.45) is 0 Å². The quantitative estimate of drug-likeness (QED) is 0.701. The Morgan fingerprint density at radius 3 is 2.39 bits per heavy atom. The molecule has 0 saturated carbocycles. The van der Waals surface area contributed by atoms with Crippen LogP contribution in [0.25, 0.3) is 0 Å². The maximum absolute atomic E-state index is 12.3. The van der Waals surface area contributed by atoms with Crippen LogP contribution in [0.15, 0.2) is 51.4 Å². The number of hydrogen-bond donors (Lipinski definition) is 0. The average molecular weight is 368 g/mol. The van der Waals surface area contributed by atoms with Crippen molar-refractivity contribution in [3.8, 4) is 0 Å². The third-order valence-corrected chi connectivity index (χ3v) is 4.51. The lowest BCUT2D eigenvalue weighted by atomic mass is 9.99. The van der Waals surface area contributed by atoms with E-state index < -0.39 is 0 Å². The van der Waals surface area contributed by atoms with E-state index in [4.69, 9.17) is 0 Å². The second-order valence-corrected chi connectivity index (χ2v) is 5.81. The largest absolute Gasteiger partial charge is 0.294 e. The molecule has 0 amide bonds. The highest BCUT2D eigenvalue weighted by atomic mass is 79.9. The molecule has 2 aromatic rings. The van der Waals surface area contributed by atoms with Crippen LogP contribution in [0.2, 0.25) is 0 Å². The number of benzene rings is 2. The first-order valence-corrected chi connectivity index (χ1v) is 7.20. The summed E-state index contributed by atoms with van der Waals surface area (Å²) in [7, 11) is 0. The van der Waals surface area contributed by atoms with Crippen LogP contribution < -0.4 is 0 Å². The van der Waals surface area contributed by atoms with Crippen LogP contribution in [0, 0.1) is 6.92 Å². The fourth-order valence-electron chi connectivity index (χ4n) is 1.82. The summed E-state index contributed by atoms with van der Waals surface area (Å²) in [5.41, 5.74) is 2.79. The molecule has 0 bridgehead atoms. The Morgan fingerprint density at radius 2 is 1.67 bits per heavy atom. The molecular formula is C15H12Br2O. The van der Waals surface area contributed by atoms with Gasteiger partial charge in [-0.2, -0.15) is 0 Å². The van der Waals surface area contributed by atoms with Gasteiger partial charge in [0.2, 0.25) is 0 Å². The molecule has 2 rings (SSSR count). The average Bonchev–Trinajstić information content (AvgIpc) is 2.35. The maximum Gasteiger partial charge on any atom is 0.167 e. The summed E-state index contributed by atoms with van der Waals surface area (Å²) in [5.74, 6) is 0.140. The fourth-order valence-corrected chi connectivity index (χ4v) is 2.61. The fraction of sp³-hybridized carbons (Fsp3) is 0.133. The summed E-state index contributed by atoms with van der Waals surface area (Å²) in [6.45, 7) is 1.96. The van der Waals surface area contributed by atoms with Gasteiger partial charge < -0.3 is 0 Å². The third-order valence-electron chi connectivity index (χ3n) is 2.88. The third kappa shape index (κ3) is 2.90. The summed E-state index contributed by atoms with van der Waals surface area (Å²) >= 11 is 6.92. The first kappa shape index (κ1) is 13.5. The zero-order valence-electron chi connectivity index (χ0n) is 9.91. The van der Waals surface area contributed by atoms with E-state index in [0.717, 1.165) is 25.6 Å². The van der Waals surface area contributed by atoms with Crippen LogP contribution in [-0.2, 0) is 6.42 Å². The van der Waals surface area contributed by atoms with Crippen LogP contribution in [0.4, 0.5) is 0 Å². The summed E-state index contributed by atoms with van der Waals surface area (Å²) in [6, 6.07) is 13.5. The van der Waals surface area contributed by atoms with Crippen LogP contribution in [0.3, 0.4) is 0 Å². The van der Waals surface area contributed by atoms with Crippen LogP contribution in [0.5, 0.6) is 0 Å². The molecule has 92 valence electrons. The van der Waals surface area contributed by atoms with Gasteiger partial charge in [0.15, 0.2) is 5.78 Å². The SMILES string of the molecule is Cc1c(Br)cccc1C(=O)Cc1ccccc1Br. The highest BCUT2D eigenvalue weighted by Gasteiger charge is 2.12. The molecule has 0 unspecified atom stereocenters. The molecule has 0 spiro atoms. The van der Waals surface area contributed by atoms with E-state index in [1.807, 2.05) is 49.4 Å². The van der Waals surface area contributed by atoms with E-state index in [1.54, 1.807) is 0 Å². The van der Waals surface area contributed by atoms with Gasteiger partial charge in [0, 0.05) is 20.9 Å². The molecule has 0 fully saturated rings. The predicted molar refractivity (Wildman–Crippen MR) is 81.1 cm³/mol. The first-order chi connectivity index (χ1) is 8.59. The van der Waals surface area contributed by atoms with Gasteiger partial charge in [0.05, 0.1) is 0 Å². The van der Waals surface area contributed by atoms with Crippen molar-refractivity contribution in [2.45, 2.75) is 13.3 Å². The Bertz CT molecular complexity index is 591. The van der Waals surface area contributed by atoms with Gasteiger partial charge in [-0.05, 0) is 30.2 Å². The van der Waals surface area contributed by atoms with Crippen molar-refractivity contribution in [3.63, 3.8) is 0 Å². The second kappa shape index (κ2) is 5.81. The van der Waals surface area contributed by atoms with E-state index >= 15 is 0 Å². The van der Waals surface area contributed by atoms with Crippen LogP contribution in [0.1, 0.15) is 21.5 Å². The lowest BCUT2D eigenvalue weighted by molar-refractivity contribution is 0.0992. The molecule has 0 atom stereocenters. The molecule has 0 heterocycles. The summed E-state index contributed by atoms with van der Waals surface area (Å²) in [6.07, 6.45) is 0.415. The molecule has 0 aliphatic carbocycles. The van der Waals surface area contributed by atoms with E-state index in [-0.39, 0.29) is 5.78 Å². The molecule has 0 aliphatic heterocycles. The van der Waals surface area contributed by atoms with Gasteiger partial charge in [-0.25, -0.2) is 0 Å². The minimum Gasteiger partial charge on any atom is -0.294 e. The summed E-state index contributed by atoms with van der Waals surface area (Å²) < 4.78 is 1.95. The monoisotopic (exact) mass is 366 g/mol. The van der Waals surface area contributed by atoms with Crippen LogP contribution in [-0.4, -0.2) is 5.78 Å². The lowest BCUT2D eigenvalue weighted by Gasteiger charge is -2.07. The van der Waals surface area contributed by atoms with Crippen molar-refractivity contribution in [1.82, 2.24) is 0 Å². The molecule has 1 nitrogen and oxygen atoms in total. The van der Waals surface area contributed by atoms with Crippen molar-refractivity contribution in [2.75, 3.05) is 0 Å². The van der Waals surface area contributed by atoms with E-state index in [1.165, 1.54) is 0 Å². The van der Waals surface area contributed by atoms with Crippen LogP contribution >= 0.6 is 31.9 Å². The molecule has 0 radical (unpaired) electrons. The van der Waals surface area contributed by atoms with Gasteiger partial charge >= 0.3 is 0 Å². The molecular weight excluding hydrogens is 356 g/mol. The molecule has 3 heteroatoms. The van der Waals surface area contributed by atoms with Gasteiger partial charge in [-0.1, -0.05) is 62.2 Å². The smallest absolute Gasteiger partial charge is 0.167 e. The van der Waals surface area contributed by atoms with E-state index in [9.17, 15) is 4.79 Å². The predicted octanol–water partition coefficient (Wildman–Crippen LogP) is 4.95. The van der Waals surface area contributed by atoms with E-state index in [2.05, 4.69) is 31.9 Å². The molecule has 0 aromatic heterocycles. The molecule has 2 aromatic carbocycles. The van der Waals surface area contributed by atoms with Crippen molar-refractivity contribution in [3.05, 3.63) is 68.1 Å². The number of hydrogen-bond acceptors (Lipinski definition) is 1. The van der Waals surface area contributed by atoms with Gasteiger partial charge in [-0.3, -0.25) is 4.79 Å². The summed E-state index contributed by atoms with van der Waals surface area (Å²) in [5, 5.41) is 0. The maximum atomic E-state index is 12.3. The number of halogens is 2. The zero-order chi connectivity index (χ0) is 13.1. The molecule has 0 saturated heterocycles. The Hall–Kier alpha value is -0.930. The second-order valence-electron chi connectivity index (χ2n) is 4.10. The zero-order valence-corrected chi connectivity index (χ0v) is 13.1. The number of ketones is 1. The lowest BCUT2D eigenvalue weighted by Crippen LogP contribution is -2.06. The number of carbonyl (C=O) groups excluding carboxylic acids is 1. The van der Waals surface area contributed by atoms with Crippen molar-refractivity contribution >= 4 is 37.6 Å². The molecule has 18 heavy (non-hydrogen) atoms. The Labute approximate surface area is 123 Å². The molecule has 0 aliphatic rings. The van der Waals surface area contributed by atoms with Gasteiger partial charge in [-0.15, -0.1) is 0 Å². The normalized spacial score (nSPS) is 10.4. The highest BCUT2D eigenvalue weighted by molar-refractivity contribution is 9.10. The Balaban J connectivity index is 2.28.